The third-order valence-corrected chi connectivity index (χ3v) is 3.40. The molecule has 1 N–H and O–H groups in total. The molecule has 0 radical (unpaired) electrons. The molecule has 2 aromatic rings. The van der Waals surface area contributed by atoms with Crippen molar-refractivity contribution in [1.29, 1.82) is 0 Å². The Kier molecular flexibility index (Phi) is 4.92. The van der Waals surface area contributed by atoms with Crippen LogP contribution in [-0.4, -0.2) is 17.6 Å². The maximum atomic E-state index is 13.6. The third kappa shape index (κ3) is 3.91. The number of rotatable bonds is 5. The Balaban J connectivity index is 2.04. The summed E-state index contributed by atoms with van der Waals surface area (Å²) in [7, 11) is 0. The molecule has 106 valence electrons. The van der Waals surface area contributed by atoms with E-state index in [-0.39, 0.29) is 18.1 Å². The van der Waals surface area contributed by atoms with Gasteiger partial charge < -0.3 is 10.1 Å². The molecule has 20 heavy (non-hydrogen) atoms. The van der Waals surface area contributed by atoms with E-state index in [1.54, 1.807) is 18.4 Å². The van der Waals surface area contributed by atoms with E-state index in [0.29, 0.717) is 22.5 Å². The minimum absolute atomic E-state index is 0.106. The van der Waals surface area contributed by atoms with Crippen LogP contribution in [0.3, 0.4) is 0 Å². The van der Waals surface area contributed by atoms with Crippen LogP contribution in [0, 0.1) is 5.82 Å². The Bertz CT molecular complexity index is 618. The molecule has 0 atom stereocenters. The van der Waals surface area contributed by atoms with Crippen molar-refractivity contribution in [2.45, 2.75) is 13.3 Å². The number of nitrogens with zero attached hydrogens (tertiary/aromatic N) is 1. The van der Waals surface area contributed by atoms with Gasteiger partial charge in [0.05, 0.1) is 24.4 Å². The Labute approximate surface area is 124 Å². The lowest BCUT2D eigenvalue weighted by atomic mass is 10.3. The first-order valence-corrected chi connectivity index (χ1v) is 7.16. The average molecular weight is 315 g/mol. The lowest BCUT2D eigenvalue weighted by Gasteiger charge is -2.04. The number of carbonyl (C=O) groups excluding carboxylic acids is 1. The van der Waals surface area contributed by atoms with E-state index >= 15 is 0 Å². The van der Waals surface area contributed by atoms with Crippen LogP contribution in [-0.2, 0) is 16.0 Å². The number of hydrogen-bond donors (Lipinski definition) is 1. The van der Waals surface area contributed by atoms with Gasteiger partial charge in [-0.1, -0.05) is 11.6 Å². The molecule has 0 spiro atoms. The third-order valence-electron chi connectivity index (χ3n) is 2.36. The second kappa shape index (κ2) is 6.67. The van der Waals surface area contributed by atoms with Gasteiger partial charge in [-0.2, -0.15) is 0 Å². The Hall–Kier alpha value is -1.66. The number of carbonyl (C=O) groups is 1. The van der Waals surface area contributed by atoms with Crippen molar-refractivity contribution in [1.82, 2.24) is 4.98 Å². The standard InChI is InChI=1S/C13H12ClFN2O2S/c1-2-19-12(18)6-9-7-20-13(16-9)17-11-4-3-8(14)5-10(11)15/h3-5,7H,2,6H2,1H3,(H,16,17). The second-order valence-corrected chi connectivity index (χ2v) is 5.17. The second-order valence-electron chi connectivity index (χ2n) is 3.87. The molecule has 0 fully saturated rings. The number of thiazole rings is 1. The van der Waals surface area contributed by atoms with Crippen LogP contribution in [0.5, 0.6) is 0 Å². The van der Waals surface area contributed by atoms with Crippen LogP contribution in [0.2, 0.25) is 5.02 Å². The molecule has 0 saturated carbocycles. The number of anilines is 2. The van der Waals surface area contributed by atoms with E-state index in [0.717, 1.165) is 0 Å². The fourth-order valence-electron chi connectivity index (χ4n) is 1.51. The SMILES string of the molecule is CCOC(=O)Cc1csc(Nc2ccc(Cl)cc2F)n1. The molecule has 4 nitrogen and oxygen atoms in total. The van der Waals surface area contributed by atoms with Gasteiger partial charge in [0.2, 0.25) is 0 Å². The zero-order chi connectivity index (χ0) is 14.5. The molecule has 0 saturated heterocycles. The lowest BCUT2D eigenvalue weighted by molar-refractivity contribution is -0.142. The van der Waals surface area contributed by atoms with Crippen LogP contribution < -0.4 is 5.32 Å². The van der Waals surface area contributed by atoms with Crippen LogP contribution >= 0.6 is 22.9 Å². The van der Waals surface area contributed by atoms with Gasteiger partial charge in [0.25, 0.3) is 0 Å². The number of benzene rings is 1. The number of halogens is 2. The van der Waals surface area contributed by atoms with E-state index < -0.39 is 5.82 Å². The largest absolute Gasteiger partial charge is 0.466 e. The number of nitrogens with one attached hydrogen (secondary N) is 1. The van der Waals surface area contributed by atoms with Gasteiger partial charge in [-0.05, 0) is 25.1 Å². The first-order valence-electron chi connectivity index (χ1n) is 5.90. The number of esters is 1. The van der Waals surface area contributed by atoms with Crippen molar-refractivity contribution in [3.8, 4) is 0 Å². The highest BCUT2D eigenvalue weighted by Crippen LogP contribution is 2.25. The van der Waals surface area contributed by atoms with E-state index in [9.17, 15) is 9.18 Å². The predicted molar refractivity (Wildman–Crippen MR) is 77.1 cm³/mol. The smallest absolute Gasteiger partial charge is 0.311 e. The molecular weight excluding hydrogens is 303 g/mol. The topological polar surface area (TPSA) is 51.2 Å². The van der Waals surface area contributed by atoms with Crippen LogP contribution in [0.15, 0.2) is 23.6 Å². The number of ether oxygens (including phenoxy) is 1. The van der Waals surface area contributed by atoms with E-state index in [1.165, 1.54) is 23.5 Å². The Morgan fingerprint density at radius 3 is 3.05 bits per heavy atom. The van der Waals surface area contributed by atoms with Crippen LogP contribution in [0.4, 0.5) is 15.2 Å². The Morgan fingerprint density at radius 2 is 2.35 bits per heavy atom. The summed E-state index contributed by atoms with van der Waals surface area (Å²) in [5, 5.41) is 5.41. The van der Waals surface area contributed by atoms with Crippen LogP contribution in [0.1, 0.15) is 12.6 Å². The minimum atomic E-state index is -0.459. The molecular formula is C13H12ClFN2O2S. The Morgan fingerprint density at radius 1 is 1.55 bits per heavy atom. The van der Waals surface area contributed by atoms with Crippen LogP contribution in [0.25, 0.3) is 0 Å². The van der Waals surface area contributed by atoms with Crippen molar-refractivity contribution in [3.63, 3.8) is 0 Å². The van der Waals surface area contributed by atoms with Gasteiger partial charge in [0.1, 0.15) is 5.82 Å². The van der Waals surface area contributed by atoms with Gasteiger partial charge in [-0.3, -0.25) is 4.79 Å². The summed E-state index contributed by atoms with van der Waals surface area (Å²) in [6.45, 7) is 2.08. The van der Waals surface area contributed by atoms with E-state index in [2.05, 4.69) is 10.3 Å². The molecule has 1 aromatic carbocycles. The molecule has 0 aliphatic rings. The minimum Gasteiger partial charge on any atom is -0.466 e. The maximum absolute atomic E-state index is 13.6. The normalized spacial score (nSPS) is 10.3. The van der Waals surface area contributed by atoms with Gasteiger partial charge >= 0.3 is 5.97 Å². The summed E-state index contributed by atoms with van der Waals surface area (Å²) in [5.41, 5.74) is 0.872. The molecule has 0 bridgehead atoms. The highest BCUT2D eigenvalue weighted by Gasteiger charge is 2.10. The van der Waals surface area contributed by atoms with Gasteiger partial charge in [0, 0.05) is 10.4 Å². The molecule has 0 amide bonds. The fraction of sp³-hybridized carbons (Fsp3) is 0.231. The molecule has 7 heteroatoms. The molecule has 1 heterocycles. The quantitative estimate of drug-likeness (QED) is 0.853. The summed E-state index contributed by atoms with van der Waals surface area (Å²) in [5.74, 6) is -0.790. The fourth-order valence-corrected chi connectivity index (χ4v) is 2.39. The molecule has 0 unspecified atom stereocenters. The zero-order valence-electron chi connectivity index (χ0n) is 10.7. The van der Waals surface area contributed by atoms with Crippen molar-refractivity contribution < 1.29 is 13.9 Å². The average Bonchev–Trinajstić information content (AvgIpc) is 2.80. The maximum Gasteiger partial charge on any atom is 0.311 e. The number of hydrogen-bond acceptors (Lipinski definition) is 5. The molecule has 1 aromatic heterocycles. The first kappa shape index (κ1) is 14.7. The highest BCUT2D eigenvalue weighted by atomic mass is 35.5. The zero-order valence-corrected chi connectivity index (χ0v) is 12.2. The number of aromatic nitrogens is 1. The molecule has 0 aliphatic carbocycles. The van der Waals surface area contributed by atoms with Gasteiger partial charge in [-0.15, -0.1) is 11.3 Å². The summed E-state index contributed by atoms with van der Waals surface area (Å²) in [6.07, 6.45) is 0.106. The summed E-state index contributed by atoms with van der Waals surface area (Å²) < 4.78 is 18.4. The van der Waals surface area contributed by atoms with E-state index in [1.807, 2.05) is 0 Å². The predicted octanol–water partition coefficient (Wildman–Crippen LogP) is 3.78. The molecule has 0 aliphatic heterocycles. The van der Waals surface area contributed by atoms with E-state index in [4.69, 9.17) is 16.3 Å². The highest BCUT2D eigenvalue weighted by molar-refractivity contribution is 7.13. The molecule has 2 rings (SSSR count). The summed E-state index contributed by atoms with van der Waals surface area (Å²) in [4.78, 5) is 15.5. The summed E-state index contributed by atoms with van der Waals surface area (Å²) >= 11 is 6.97. The monoisotopic (exact) mass is 314 g/mol. The van der Waals surface area contributed by atoms with Crippen molar-refractivity contribution in [2.75, 3.05) is 11.9 Å². The van der Waals surface area contributed by atoms with Crippen molar-refractivity contribution in [2.24, 2.45) is 0 Å². The summed E-state index contributed by atoms with van der Waals surface area (Å²) in [6, 6.07) is 4.33. The first-order chi connectivity index (χ1) is 9.58. The van der Waals surface area contributed by atoms with Gasteiger partial charge in [-0.25, -0.2) is 9.37 Å². The van der Waals surface area contributed by atoms with Crippen molar-refractivity contribution in [3.05, 3.63) is 40.1 Å². The van der Waals surface area contributed by atoms with Gasteiger partial charge in [0.15, 0.2) is 5.13 Å². The van der Waals surface area contributed by atoms with Crippen molar-refractivity contribution >= 4 is 39.7 Å². The lowest BCUT2D eigenvalue weighted by Crippen LogP contribution is -2.07.